The first-order valence-corrected chi connectivity index (χ1v) is 9.75. The van der Waals surface area contributed by atoms with Crippen molar-refractivity contribution in [1.29, 1.82) is 0 Å². The fraction of sp³-hybridized carbons (Fsp3) is 0.318. The molecule has 2 atom stereocenters. The molecule has 0 amide bonds. The van der Waals surface area contributed by atoms with Crippen LogP contribution in [0.1, 0.15) is 11.6 Å². The summed E-state index contributed by atoms with van der Waals surface area (Å²) in [5.41, 5.74) is 3.02. The van der Waals surface area contributed by atoms with E-state index < -0.39 is 0 Å². The topological polar surface area (TPSA) is 53.7 Å². The van der Waals surface area contributed by atoms with Crippen molar-refractivity contribution >= 4 is 29.1 Å². The van der Waals surface area contributed by atoms with Crippen LogP contribution in [-0.4, -0.2) is 64.7 Å². The summed E-state index contributed by atoms with van der Waals surface area (Å²) in [6, 6.07) is 18.1. The minimum absolute atomic E-state index is 0.145. The van der Waals surface area contributed by atoms with Crippen LogP contribution in [0.4, 0.5) is 5.95 Å². The molecule has 0 spiro atoms. The number of amidine groups is 1. The second-order valence-electron chi connectivity index (χ2n) is 7.55. The van der Waals surface area contributed by atoms with Crippen molar-refractivity contribution in [2.45, 2.75) is 6.04 Å². The molecule has 5 rings (SSSR count). The Kier molecular flexibility index (Phi) is 4.20. The molecule has 2 aromatic carbocycles. The maximum absolute atomic E-state index is 12.4. The van der Waals surface area contributed by atoms with E-state index in [0.29, 0.717) is 5.95 Å². The Bertz CT molecular complexity index is 1030. The van der Waals surface area contributed by atoms with Crippen LogP contribution in [0.5, 0.6) is 0 Å². The second-order valence-corrected chi connectivity index (χ2v) is 7.55. The van der Waals surface area contributed by atoms with E-state index in [1.807, 2.05) is 36.4 Å². The second kappa shape index (κ2) is 6.87. The highest BCUT2D eigenvalue weighted by Gasteiger charge is 2.38. The van der Waals surface area contributed by atoms with Crippen LogP contribution in [0.25, 0.3) is 11.0 Å². The molecule has 2 aliphatic heterocycles. The van der Waals surface area contributed by atoms with Gasteiger partial charge in [-0.05, 0) is 24.7 Å². The van der Waals surface area contributed by atoms with E-state index in [9.17, 15) is 4.79 Å². The largest absolute Gasteiger partial charge is 0.357 e. The molecule has 3 aromatic rings. The summed E-state index contributed by atoms with van der Waals surface area (Å²) < 4.78 is 2.13. The fourth-order valence-corrected chi connectivity index (χ4v) is 4.32. The summed E-state index contributed by atoms with van der Waals surface area (Å²) in [6.45, 7) is 3.69. The summed E-state index contributed by atoms with van der Waals surface area (Å²) in [6.07, 6.45) is 1.06. The third-order valence-corrected chi connectivity index (χ3v) is 5.82. The third-order valence-electron chi connectivity index (χ3n) is 5.82. The van der Waals surface area contributed by atoms with E-state index in [1.165, 1.54) is 0 Å². The van der Waals surface area contributed by atoms with Gasteiger partial charge in [-0.3, -0.25) is 4.57 Å². The molecular formula is C22H23N5O. The number of aromatic nitrogens is 2. The summed E-state index contributed by atoms with van der Waals surface area (Å²) >= 11 is 0. The number of nitrogens with zero attached hydrogens (tertiary/aromatic N) is 5. The van der Waals surface area contributed by atoms with Gasteiger partial charge in [-0.1, -0.05) is 42.5 Å². The average molecular weight is 373 g/mol. The Morgan fingerprint density at radius 2 is 1.68 bits per heavy atom. The zero-order valence-electron chi connectivity index (χ0n) is 15.9. The predicted octanol–water partition coefficient (Wildman–Crippen LogP) is 2.73. The standard InChI is InChI=1S/C22H23N5O/c1-25-11-13-26(14-12-25)21-17(15-28)20(16-7-3-2-4-8-16)27-19-10-6-5-9-18(19)23-22(27)24-21/h2-10,15,17,20H,11-14H2,1H3. The number of rotatable bonds is 2. The molecule has 142 valence electrons. The van der Waals surface area contributed by atoms with Gasteiger partial charge < -0.3 is 14.6 Å². The number of likely N-dealkylation sites (N-methyl/N-ethyl adjacent to an activating group) is 1. The van der Waals surface area contributed by atoms with E-state index >= 15 is 0 Å². The number of aldehydes is 1. The molecule has 3 heterocycles. The molecule has 1 saturated heterocycles. The first-order valence-electron chi connectivity index (χ1n) is 9.75. The molecule has 0 radical (unpaired) electrons. The van der Waals surface area contributed by atoms with Crippen molar-refractivity contribution in [2.24, 2.45) is 10.9 Å². The lowest BCUT2D eigenvalue weighted by atomic mass is 9.90. The van der Waals surface area contributed by atoms with E-state index in [4.69, 9.17) is 9.98 Å². The first kappa shape index (κ1) is 17.1. The molecule has 6 heteroatoms. The number of carbonyl (C=O) groups is 1. The number of carbonyl (C=O) groups excluding carboxylic acids is 1. The molecule has 0 saturated carbocycles. The minimum atomic E-state index is -0.337. The number of hydrogen-bond donors (Lipinski definition) is 0. The van der Waals surface area contributed by atoms with Crippen molar-refractivity contribution in [3.63, 3.8) is 0 Å². The van der Waals surface area contributed by atoms with Crippen LogP contribution in [0.15, 0.2) is 59.6 Å². The molecule has 28 heavy (non-hydrogen) atoms. The first-order chi connectivity index (χ1) is 13.8. The van der Waals surface area contributed by atoms with Crippen LogP contribution >= 0.6 is 0 Å². The van der Waals surface area contributed by atoms with Gasteiger partial charge in [-0.25, -0.2) is 4.98 Å². The van der Waals surface area contributed by atoms with Gasteiger partial charge in [-0.2, -0.15) is 4.99 Å². The number of aliphatic imine (C=N–C) groups is 1. The lowest BCUT2D eigenvalue weighted by Crippen LogP contribution is -2.51. The number of hydrogen-bond acceptors (Lipinski definition) is 5. The number of para-hydroxylation sites is 2. The van der Waals surface area contributed by atoms with Crippen LogP contribution in [0.3, 0.4) is 0 Å². The zero-order chi connectivity index (χ0) is 19.1. The molecule has 2 unspecified atom stereocenters. The van der Waals surface area contributed by atoms with E-state index in [-0.39, 0.29) is 12.0 Å². The van der Waals surface area contributed by atoms with Crippen LogP contribution in [0.2, 0.25) is 0 Å². The number of imidazole rings is 1. The summed E-state index contributed by atoms with van der Waals surface area (Å²) in [5.74, 6) is 1.19. The van der Waals surface area contributed by atoms with E-state index in [0.717, 1.165) is 54.9 Å². The molecule has 0 N–H and O–H groups in total. The Morgan fingerprint density at radius 1 is 0.964 bits per heavy atom. The summed E-state index contributed by atoms with van der Waals surface area (Å²) in [5, 5.41) is 0. The third kappa shape index (κ3) is 2.72. The Morgan fingerprint density at radius 3 is 2.43 bits per heavy atom. The van der Waals surface area contributed by atoms with Gasteiger partial charge in [0.05, 0.1) is 23.0 Å². The van der Waals surface area contributed by atoms with E-state index in [2.05, 4.69) is 39.6 Å². The SMILES string of the molecule is CN1CCN(C2=Nc3nc4ccccc4n3C(c3ccccc3)C2C=O)CC1. The van der Waals surface area contributed by atoms with E-state index in [1.54, 1.807) is 0 Å². The van der Waals surface area contributed by atoms with Crippen LogP contribution in [0, 0.1) is 5.92 Å². The highest BCUT2D eigenvalue weighted by atomic mass is 16.1. The highest BCUT2D eigenvalue weighted by Crippen LogP contribution is 2.39. The highest BCUT2D eigenvalue weighted by molar-refractivity contribution is 6.00. The minimum Gasteiger partial charge on any atom is -0.357 e. The van der Waals surface area contributed by atoms with Crippen molar-refractivity contribution in [1.82, 2.24) is 19.4 Å². The van der Waals surface area contributed by atoms with Crippen molar-refractivity contribution in [3.8, 4) is 0 Å². The fourth-order valence-electron chi connectivity index (χ4n) is 4.32. The molecule has 0 aliphatic carbocycles. The van der Waals surface area contributed by atoms with Gasteiger partial charge in [0, 0.05) is 26.2 Å². The smallest absolute Gasteiger partial charge is 0.232 e. The van der Waals surface area contributed by atoms with Gasteiger partial charge in [0.1, 0.15) is 12.1 Å². The number of piperazine rings is 1. The van der Waals surface area contributed by atoms with Gasteiger partial charge in [-0.15, -0.1) is 0 Å². The van der Waals surface area contributed by atoms with Gasteiger partial charge >= 0.3 is 0 Å². The van der Waals surface area contributed by atoms with Crippen molar-refractivity contribution < 1.29 is 4.79 Å². The lowest BCUT2D eigenvalue weighted by Gasteiger charge is -2.40. The predicted molar refractivity (Wildman–Crippen MR) is 110 cm³/mol. The Hall–Kier alpha value is -2.99. The number of benzene rings is 2. The van der Waals surface area contributed by atoms with Gasteiger partial charge in [0.15, 0.2) is 0 Å². The number of fused-ring (bicyclic) bond motifs is 3. The van der Waals surface area contributed by atoms with Crippen molar-refractivity contribution in [2.75, 3.05) is 33.2 Å². The quantitative estimate of drug-likeness (QED) is 0.648. The molecule has 2 aliphatic rings. The molecule has 6 nitrogen and oxygen atoms in total. The Balaban J connectivity index is 1.70. The summed E-state index contributed by atoms with van der Waals surface area (Å²) in [7, 11) is 2.13. The Labute approximate surface area is 164 Å². The van der Waals surface area contributed by atoms with Gasteiger partial charge in [0.2, 0.25) is 5.95 Å². The maximum Gasteiger partial charge on any atom is 0.232 e. The van der Waals surface area contributed by atoms with Crippen LogP contribution < -0.4 is 0 Å². The summed E-state index contributed by atoms with van der Waals surface area (Å²) in [4.78, 5) is 26.6. The zero-order valence-corrected chi connectivity index (χ0v) is 15.9. The molecule has 0 bridgehead atoms. The average Bonchev–Trinajstić information content (AvgIpc) is 3.12. The lowest BCUT2D eigenvalue weighted by molar-refractivity contribution is -0.110. The van der Waals surface area contributed by atoms with Crippen LogP contribution in [-0.2, 0) is 4.79 Å². The molecular weight excluding hydrogens is 350 g/mol. The maximum atomic E-state index is 12.4. The molecule has 1 aromatic heterocycles. The molecule has 1 fully saturated rings. The monoisotopic (exact) mass is 373 g/mol. The van der Waals surface area contributed by atoms with Crippen molar-refractivity contribution in [3.05, 3.63) is 60.2 Å². The van der Waals surface area contributed by atoms with Gasteiger partial charge in [0.25, 0.3) is 0 Å². The normalized spacial score (nSPS) is 22.8.